The summed E-state index contributed by atoms with van der Waals surface area (Å²) < 4.78 is 0. The molecule has 0 aliphatic heterocycles. The first-order valence-electron chi connectivity index (χ1n) is 6.88. The number of carbonyl (C=O) groups excluding carboxylic acids is 1. The summed E-state index contributed by atoms with van der Waals surface area (Å²) in [6.07, 6.45) is 3.10. The van der Waals surface area contributed by atoms with Crippen LogP contribution in [0.15, 0.2) is 0 Å². The Hall–Kier alpha value is -1.26. The second-order valence-electron chi connectivity index (χ2n) is 6.58. The largest absolute Gasteiger partial charge is 0.465 e. The monoisotopic (exact) mass is 270 g/mol. The first-order valence-corrected chi connectivity index (χ1v) is 6.88. The molecule has 5 nitrogen and oxygen atoms in total. The van der Waals surface area contributed by atoms with Crippen molar-refractivity contribution in [2.45, 2.75) is 64.0 Å². The standard InChI is InChI=1S/C14H26N2O3/c1-13(2,3)16(12(18)19)14(11(17)15(4)5)9-7-6-8-10-14/h6-10H2,1-5H3,(H,18,19). The third-order valence-corrected chi connectivity index (χ3v) is 3.78. The molecule has 0 atom stereocenters. The third-order valence-electron chi connectivity index (χ3n) is 3.78. The van der Waals surface area contributed by atoms with Crippen LogP contribution < -0.4 is 0 Å². The number of hydrogen-bond donors (Lipinski definition) is 1. The fourth-order valence-corrected chi connectivity index (χ4v) is 3.20. The van der Waals surface area contributed by atoms with Crippen LogP contribution in [0.1, 0.15) is 52.9 Å². The molecule has 0 aromatic carbocycles. The summed E-state index contributed by atoms with van der Waals surface area (Å²) in [4.78, 5) is 27.3. The maximum atomic E-state index is 12.6. The maximum absolute atomic E-state index is 12.6. The molecule has 0 heterocycles. The zero-order chi connectivity index (χ0) is 14.8. The van der Waals surface area contributed by atoms with Crippen LogP contribution in [0, 0.1) is 0 Å². The van der Waals surface area contributed by atoms with E-state index < -0.39 is 17.2 Å². The molecule has 0 spiro atoms. The number of carbonyl (C=O) groups is 2. The van der Waals surface area contributed by atoms with E-state index in [9.17, 15) is 14.7 Å². The lowest BCUT2D eigenvalue weighted by molar-refractivity contribution is -0.147. The Balaban J connectivity index is 3.28. The van der Waals surface area contributed by atoms with Gasteiger partial charge in [-0.25, -0.2) is 4.79 Å². The lowest BCUT2D eigenvalue weighted by Gasteiger charge is -2.50. The molecule has 110 valence electrons. The van der Waals surface area contributed by atoms with Gasteiger partial charge in [0, 0.05) is 19.6 Å². The normalized spacial score (nSPS) is 18.8. The lowest BCUT2D eigenvalue weighted by Crippen LogP contribution is -2.66. The van der Waals surface area contributed by atoms with Crippen molar-refractivity contribution >= 4 is 12.0 Å². The van der Waals surface area contributed by atoms with Crippen molar-refractivity contribution < 1.29 is 14.7 Å². The van der Waals surface area contributed by atoms with Gasteiger partial charge in [0.25, 0.3) is 0 Å². The number of likely N-dealkylation sites (N-methyl/N-ethyl adjacent to an activating group) is 1. The molecule has 1 fully saturated rings. The number of amides is 2. The second-order valence-corrected chi connectivity index (χ2v) is 6.58. The van der Waals surface area contributed by atoms with Crippen LogP contribution in [0.3, 0.4) is 0 Å². The molecule has 0 radical (unpaired) electrons. The number of carboxylic acid groups (broad SMARTS) is 1. The lowest BCUT2D eigenvalue weighted by atomic mass is 9.77. The Morgan fingerprint density at radius 1 is 1.05 bits per heavy atom. The molecule has 0 unspecified atom stereocenters. The molecule has 0 aromatic rings. The molecule has 1 saturated carbocycles. The zero-order valence-electron chi connectivity index (χ0n) is 12.7. The Bertz CT molecular complexity index is 352. The van der Waals surface area contributed by atoms with Gasteiger partial charge in [0.05, 0.1) is 0 Å². The van der Waals surface area contributed by atoms with Gasteiger partial charge < -0.3 is 10.0 Å². The fourth-order valence-electron chi connectivity index (χ4n) is 3.20. The van der Waals surface area contributed by atoms with Gasteiger partial charge in [-0.15, -0.1) is 0 Å². The minimum Gasteiger partial charge on any atom is -0.465 e. The predicted molar refractivity (Wildman–Crippen MR) is 74.1 cm³/mol. The number of rotatable bonds is 2. The van der Waals surface area contributed by atoms with Crippen molar-refractivity contribution in [2.75, 3.05) is 14.1 Å². The van der Waals surface area contributed by atoms with E-state index in [2.05, 4.69) is 0 Å². The quantitative estimate of drug-likeness (QED) is 0.839. The highest BCUT2D eigenvalue weighted by Crippen LogP contribution is 2.39. The summed E-state index contributed by atoms with van der Waals surface area (Å²) in [6.45, 7) is 5.54. The first-order chi connectivity index (χ1) is 8.63. The molecule has 1 rings (SSSR count). The average molecular weight is 270 g/mol. The highest BCUT2D eigenvalue weighted by Gasteiger charge is 2.51. The van der Waals surface area contributed by atoms with E-state index in [4.69, 9.17) is 0 Å². The zero-order valence-corrected chi connectivity index (χ0v) is 12.7. The van der Waals surface area contributed by atoms with Gasteiger partial charge in [-0.05, 0) is 33.6 Å². The maximum Gasteiger partial charge on any atom is 0.408 e. The van der Waals surface area contributed by atoms with Crippen LogP contribution in [0.4, 0.5) is 4.79 Å². The molecule has 0 saturated heterocycles. The molecule has 1 N–H and O–H groups in total. The molecule has 0 aromatic heterocycles. The van der Waals surface area contributed by atoms with E-state index in [1.165, 1.54) is 9.80 Å². The fraction of sp³-hybridized carbons (Fsp3) is 0.857. The summed E-state index contributed by atoms with van der Waals surface area (Å²) in [5, 5.41) is 9.61. The van der Waals surface area contributed by atoms with Gasteiger partial charge in [0.15, 0.2) is 0 Å². The number of nitrogens with zero attached hydrogens (tertiary/aromatic N) is 2. The van der Waals surface area contributed by atoms with Crippen molar-refractivity contribution in [3.05, 3.63) is 0 Å². The van der Waals surface area contributed by atoms with Gasteiger partial charge in [-0.1, -0.05) is 19.3 Å². The summed E-state index contributed by atoms with van der Waals surface area (Å²) in [6, 6.07) is 0. The smallest absolute Gasteiger partial charge is 0.408 e. The number of hydrogen-bond acceptors (Lipinski definition) is 2. The van der Waals surface area contributed by atoms with Crippen LogP contribution in [-0.4, -0.2) is 52.1 Å². The molecule has 19 heavy (non-hydrogen) atoms. The highest BCUT2D eigenvalue weighted by molar-refractivity contribution is 5.89. The minimum atomic E-state index is -1.01. The van der Waals surface area contributed by atoms with Crippen LogP contribution in [0.25, 0.3) is 0 Å². The molecular formula is C14H26N2O3. The topological polar surface area (TPSA) is 60.9 Å². The average Bonchev–Trinajstić information content (AvgIpc) is 2.26. The Labute approximate surface area is 115 Å². The molecule has 0 bridgehead atoms. The SMILES string of the molecule is CN(C)C(=O)C1(N(C(=O)O)C(C)(C)C)CCCCC1. The van der Waals surface area contributed by atoms with Crippen molar-refractivity contribution in [3.63, 3.8) is 0 Å². The van der Waals surface area contributed by atoms with Gasteiger partial charge >= 0.3 is 6.09 Å². The second kappa shape index (κ2) is 5.39. The molecular weight excluding hydrogens is 244 g/mol. The first kappa shape index (κ1) is 15.8. The van der Waals surface area contributed by atoms with Gasteiger partial charge in [-0.2, -0.15) is 0 Å². The van der Waals surface area contributed by atoms with Crippen molar-refractivity contribution in [3.8, 4) is 0 Å². The van der Waals surface area contributed by atoms with E-state index in [-0.39, 0.29) is 5.91 Å². The van der Waals surface area contributed by atoms with Gasteiger partial charge in [0.1, 0.15) is 5.54 Å². The van der Waals surface area contributed by atoms with E-state index in [1.807, 2.05) is 20.8 Å². The molecule has 1 aliphatic rings. The van der Waals surface area contributed by atoms with Crippen LogP contribution in [0.2, 0.25) is 0 Å². The summed E-state index contributed by atoms with van der Waals surface area (Å²) in [5.74, 6) is -0.0930. The Morgan fingerprint density at radius 3 is 1.84 bits per heavy atom. The molecule has 1 aliphatic carbocycles. The molecule has 2 amide bonds. The Kier molecular flexibility index (Phi) is 4.48. The highest BCUT2D eigenvalue weighted by atomic mass is 16.4. The third kappa shape index (κ3) is 3.01. The minimum absolute atomic E-state index is 0.0930. The summed E-state index contributed by atoms with van der Waals surface area (Å²) in [7, 11) is 3.39. The van der Waals surface area contributed by atoms with E-state index in [1.54, 1.807) is 14.1 Å². The molecule has 5 heteroatoms. The van der Waals surface area contributed by atoms with Gasteiger partial charge in [0.2, 0.25) is 5.91 Å². The van der Waals surface area contributed by atoms with Crippen LogP contribution in [0.5, 0.6) is 0 Å². The van der Waals surface area contributed by atoms with Crippen molar-refractivity contribution in [1.82, 2.24) is 9.80 Å². The van der Waals surface area contributed by atoms with Crippen LogP contribution in [-0.2, 0) is 4.79 Å². The summed E-state index contributed by atoms with van der Waals surface area (Å²) >= 11 is 0. The summed E-state index contributed by atoms with van der Waals surface area (Å²) in [5.41, 5.74) is -1.49. The Morgan fingerprint density at radius 2 is 1.53 bits per heavy atom. The van der Waals surface area contributed by atoms with E-state index in [0.717, 1.165) is 19.3 Å². The predicted octanol–water partition coefficient (Wildman–Crippen LogP) is 2.56. The van der Waals surface area contributed by atoms with Crippen molar-refractivity contribution in [2.24, 2.45) is 0 Å². The van der Waals surface area contributed by atoms with E-state index in [0.29, 0.717) is 12.8 Å². The van der Waals surface area contributed by atoms with Crippen molar-refractivity contribution in [1.29, 1.82) is 0 Å². The van der Waals surface area contributed by atoms with E-state index >= 15 is 0 Å². The van der Waals surface area contributed by atoms with Crippen LogP contribution >= 0.6 is 0 Å². The van der Waals surface area contributed by atoms with Gasteiger partial charge in [-0.3, -0.25) is 9.69 Å².